The molecule has 0 saturated heterocycles. The smallest absolute Gasteiger partial charge is 0.128 e. The zero-order valence-corrected chi connectivity index (χ0v) is 11.7. The van der Waals surface area contributed by atoms with E-state index < -0.39 is 0 Å². The molecule has 3 nitrogen and oxygen atoms in total. The third-order valence-corrected chi connectivity index (χ3v) is 2.55. The lowest BCUT2D eigenvalue weighted by Crippen LogP contribution is -2.24. The Morgan fingerprint density at radius 3 is 2.41 bits per heavy atom. The highest BCUT2D eigenvalue weighted by Crippen LogP contribution is 2.11. The lowest BCUT2D eigenvalue weighted by Gasteiger charge is -2.20. The van der Waals surface area contributed by atoms with Gasteiger partial charge in [0.15, 0.2) is 0 Å². The van der Waals surface area contributed by atoms with Crippen LogP contribution in [0.5, 0.6) is 0 Å². The normalized spacial score (nSPS) is 11.2. The van der Waals surface area contributed by atoms with Crippen LogP contribution < -0.4 is 10.2 Å². The Morgan fingerprint density at radius 1 is 1.24 bits per heavy atom. The molecule has 0 aliphatic carbocycles. The first-order valence-corrected chi connectivity index (χ1v) is 6.38. The van der Waals surface area contributed by atoms with Crippen molar-refractivity contribution in [1.82, 2.24) is 10.3 Å². The van der Waals surface area contributed by atoms with E-state index in [0.29, 0.717) is 12.0 Å². The van der Waals surface area contributed by atoms with Crippen molar-refractivity contribution in [3.8, 4) is 0 Å². The molecule has 0 aromatic carbocycles. The molecule has 0 fully saturated rings. The van der Waals surface area contributed by atoms with Gasteiger partial charge >= 0.3 is 0 Å². The Balaban J connectivity index is 2.55. The molecule has 0 spiro atoms. The Morgan fingerprint density at radius 2 is 1.94 bits per heavy atom. The van der Waals surface area contributed by atoms with E-state index >= 15 is 0 Å². The molecule has 0 atom stereocenters. The highest BCUT2D eigenvalue weighted by atomic mass is 15.2. The molecule has 96 valence electrons. The van der Waals surface area contributed by atoms with Gasteiger partial charge in [-0.1, -0.05) is 33.8 Å². The summed E-state index contributed by atoms with van der Waals surface area (Å²) in [5.41, 5.74) is 1.24. The van der Waals surface area contributed by atoms with Crippen LogP contribution in [0.15, 0.2) is 18.3 Å². The molecule has 1 aromatic rings. The van der Waals surface area contributed by atoms with E-state index in [2.05, 4.69) is 62.1 Å². The summed E-state index contributed by atoms with van der Waals surface area (Å²) in [5, 5.41) is 3.39. The predicted octanol–water partition coefficient (Wildman–Crippen LogP) is 2.67. The lowest BCUT2D eigenvalue weighted by atomic mass is 10.2. The number of pyridine rings is 1. The van der Waals surface area contributed by atoms with E-state index in [4.69, 9.17) is 0 Å². The standard InChI is InChI=1S/C14H25N3/c1-11(2)10-17(5)14-7-6-13(9-16-14)8-15-12(3)4/h6-7,9,11-12,15H,8,10H2,1-5H3. The van der Waals surface area contributed by atoms with Crippen LogP contribution in [-0.2, 0) is 6.54 Å². The van der Waals surface area contributed by atoms with E-state index in [9.17, 15) is 0 Å². The summed E-state index contributed by atoms with van der Waals surface area (Å²) >= 11 is 0. The molecule has 1 N–H and O–H groups in total. The monoisotopic (exact) mass is 235 g/mol. The molecule has 1 rings (SSSR count). The summed E-state index contributed by atoms with van der Waals surface area (Å²) in [4.78, 5) is 6.69. The number of aromatic nitrogens is 1. The Hall–Kier alpha value is -1.09. The third-order valence-electron chi connectivity index (χ3n) is 2.55. The predicted molar refractivity (Wildman–Crippen MR) is 74.3 cm³/mol. The number of hydrogen-bond donors (Lipinski definition) is 1. The molecule has 0 radical (unpaired) electrons. The first-order chi connectivity index (χ1) is 7.99. The molecule has 3 heteroatoms. The maximum Gasteiger partial charge on any atom is 0.128 e. The quantitative estimate of drug-likeness (QED) is 0.821. The van der Waals surface area contributed by atoms with Crippen LogP contribution in [0.1, 0.15) is 33.3 Å². The number of hydrogen-bond acceptors (Lipinski definition) is 3. The van der Waals surface area contributed by atoms with Crippen LogP contribution >= 0.6 is 0 Å². The molecule has 0 bridgehead atoms. The van der Waals surface area contributed by atoms with Crippen LogP contribution in [0, 0.1) is 5.92 Å². The van der Waals surface area contributed by atoms with Gasteiger partial charge in [0.2, 0.25) is 0 Å². The van der Waals surface area contributed by atoms with Gasteiger partial charge in [0.1, 0.15) is 5.82 Å². The van der Waals surface area contributed by atoms with Crippen LogP contribution in [-0.4, -0.2) is 24.6 Å². The largest absolute Gasteiger partial charge is 0.359 e. The summed E-state index contributed by atoms with van der Waals surface area (Å²) in [5.74, 6) is 1.70. The van der Waals surface area contributed by atoms with Gasteiger partial charge in [-0.25, -0.2) is 4.98 Å². The second-order valence-electron chi connectivity index (χ2n) is 5.33. The molecule has 0 unspecified atom stereocenters. The first kappa shape index (κ1) is 14.0. The van der Waals surface area contributed by atoms with Gasteiger partial charge in [-0.3, -0.25) is 0 Å². The van der Waals surface area contributed by atoms with Crippen molar-refractivity contribution in [3.63, 3.8) is 0 Å². The fourth-order valence-corrected chi connectivity index (χ4v) is 1.71. The van der Waals surface area contributed by atoms with E-state index in [0.717, 1.165) is 18.9 Å². The van der Waals surface area contributed by atoms with Crippen LogP contribution in [0.4, 0.5) is 5.82 Å². The van der Waals surface area contributed by atoms with Gasteiger partial charge in [-0.15, -0.1) is 0 Å². The topological polar surface area (TPSA) is 28.2 Å². The lowest BCUT2D eigenvalue weighted by molar-refractivity contribution is 0.587. The average Bonchev–Trinajstić information content (AvgIpc) is 2.26. The van der Waals surface area contributed by atoms with Gasteiger partial charge in [0.25, 0.3) is 0 Å². The van der Waals surface area contributed by atoms with E-state index in [-0.39, 0.29) is 0 Å². The van der Waals surface area contributed by atoms with Crippen molar-refractivity contribution in [3.05, 3.63) is 23.9 Å². The van der Waals surface area contributed by atoms with Crippen LogP contribution in [0.3, 0.4) is 0 Å². The van der Waals surface area contributed by atoms with E-state index in [1.165, 1.54) is 5.56 Å². The minimum absolute atomic E-state index is 0.512. The third kappa shape index (κ3) is 5.18. The molecule has 0 aliphatic heterocycles. The van der Waals surface area contributed by atoms with Crippen molar-refractivity contribution in [2.45, 2.75) is 40.3 Å². The maximum absolute atomic E-state index is 4.50. The fraction of sp³-hybridized carbons (Fsp3) is 0.643. The number of rotatable bonds is 6. The maximum atomic E-state index is 4.50. The van der Waals surface area contributed by atoms with Crippen molar-refractivity contribution in [2.24, 2.45) is 5.92 Å². The van der Waals surface area contributed by atoms with E-state index in [1.54, 1.807) is 0 Å². The van der Waals surface area contributed by atoms with Crippen LogP contribution in [0.2, 0.25) is 0 Å². The van der Waals surface area contributed by atoms with Crippen molar-refractivity contribution < 1.29 is 0 Å². The zero-order valence-electron chi connectivity index (χ0n) is 11.7. The number of nitrogens with one attached hydrogen (secondary N) is 1. The number of anilines is 1. The second kappa shape index (κ2) is 6.60. The zero-order chi connectivity index (χ0) is 12.8. The average molecular weight is 235 g/mol. The van der Waals surface area contributed by atoms with E-state index in [1.807, 2.05) is 6.20 Å². The minimum Gasteiger partial charge on any atom is -0.359 e. The molecule has 0 amide bonds. The Kier molecular flexibility index (Phi) is 5.42. The minimum atomic E-state index is 0.512. The highest BCUT2D eigenvalue weighted by molar-refractivity contribution is 5.38. The molecule has 17 heavy (non-hydrogen) atoms. The van der Waals surface area contributed by atoms with Gasteiger partial charge in [-0.05, 0) is 17.5 Å². The van der Waals surface area contributed by atoms with Gasteiger partial charge in [0, 0.05) is 32.4 Å². The Labute approximate surface area is 105 Å². The number of nitrogens with zero attached hydrogens (tertiary/aromatic N) is 2. The van der Waals surface area contributed by atoms with Crippen LogP contribution in [0.25, 0.3) is 0 Å². The second-order valence-corrected chi connectivity index (χ2v) is 5.33. The van der Waals surface area contributed by atoms with Gasteiger partial charge in [0.05, 0.1) is 0 Å². The summed E-state index contributed by atoms with van der Waals surface area (Å²) in [6.45, 7) is 10.7. The Bertz CT molecular complexity index is 317. The molecule has 0 aliphatic rings. The van der Waals surface area contributed by atoms with Crippen molar-refractivity contribution in [2.75, 3.05) is 18.5 Å². The summed E-state index contributed by atoms with van der Waals surface area (Å²) in [7, 11) is 2.09. The fourth-order valence-electron chi connectivity index (χ4n) is 1.71. The SMILES string of the molecule is CC(C)CN(C)c1ccc(CNC(C)C)cn1. The van der Waals surface area contributed by atoms with Gasteiger partial charge < -0.3 is 10.2 Å². The van der Waals surface area contributed by atoms with Gasteiger partial charge in [-0.2, -0.15) is 0 Å². The molecule has 0 saturated carbocycles. The highest BCUT2D eigenvalue weighted by Gasteiger charge is 2.04. The molecule has 1 aromatic heterocycles. The molecular formula is C14H25N3. The van der Waals surface area contributed by atoms with Crippen molar-refractivity contribution in [1.29, 1.82) is 0 Å². The molecule has 1 heterocycles. The summed E-state index contributed by atoms with van der Waals surface area (Å²) < 4.78 is 0. The summed E-state index contributed by atoms with van der Waals surface area (Å²) in [6.07, 6.45) is 1.96. The van der Waals surface area contributed by atoms with Crippen molar-refractivity contribution >= 4 is 5.82 Å². The molecular weight excluding hydrogens is 210 g/mol. The summed E-state index contributed by atoms with van der Waals surface area (Å²) in [6, 6.07) is 4.76. The first-order valence-electron chi connectivity index (χ1n) is 6.38.